The van der Waals surface area contributed by atoms with E-state index in [0.717, 1.165) is 6.42 Å². The molecule has 8 heavy (non-hydrogen) atoms. The van der Waals surface area contributed by atoms with Gasteiger partial charge in [-0.1, -0.05) is 0 Å². The van der Waals surface area contributed by atoms with Crippen LogP contribution >= 0.6 is 0 Å². The zero-order valence-electron chi connectivity index (χ0n) is 4.92. The highest BCUT2D eigenvalue weighted by molar-refractivity contribution is 5.81. The lowest BCUT2D eigenvalue weighted by Gasteiger charge is -1.85. The van der Waals surface area contributed by atoms with E-state index in [2.05, 4.69) is 0 Å². The smallest absolute Gasteiger partial charge is 0.133 e. The molecule has 2 atom stereocenters. The van der Waals surface area contributed by atoms with Crippen LogP contribution in [0.3, 0.4) is 0 Å². The van der Waals surface area contributed by atoms with Crippen molar-refractivity contribution in [3.8, 4) is 0 Å². The molecule has 0 aromatic heterocycles. The van der Waals surface area contributed by atoms with E-state index in [4.69, 9.17) is 5.11 Å². The molecular formula is C6H10O2. The average Bonchev–Trinajstić information content (AvgIpc) is 2.42. The molecule has 0 heterocycles. The van der Waals surface area contributed by atoms with Crippen molar-refractivity contribution in [2.75, 3.05) is 6.61 Å². The van der Waals surface area contributed by atoms with Crippen molar-refractivity contribution in [3.63, 3.8) is 0 Å². The van der Waals surface area contributed by atoms with Crippen LogP contribution in [-0.2, 0) is 4.79 Å². The van der Waals surface area contributed by atoms with E-state index >= 15 is 0 Å². The Morgan fingerprint density at radius 1 is 1.88 bits per heavy atom. The highest BCUT2D eigenvalue weighted by Crippen LogP contribution is 2.38. The molecular weight excluding hydrogens is 104 g/mol. The molecule has 46 valence electrons. The first-order chi connectivity index (χ1) is 3.75. The standard InChI is InChI=1S/C6H10O2/c1-4(8)6-2-5(6)3-7/h5-7H,2-3H2,1H3. The van der Waals surface area contributed by atoms with Crippen molar-refractivity contribution in [2.45, 2.75) is 13.3 Å². The number of rotatable bonds is 2. The monoisotopic (exact) mass is 114 g/mol. The van der Waals surface area contributed by atoms with Crippen LogP contribution in [0.5, 0.6) is 0 Å². The number of hydrogen-bond acceptors (Lipinski definition) is 2. The van der Waals surface area contributed by atoms with E-state index in [-0.39, 0.29) is 18.3 Å². The summed E-state index contributed by atoms with van der Waals surface area (Å²) in [7, 11) is 0. The molecule has 1 fully saturated rings. The average molecular weight is 114 g/mol. The van der Waals surface area contributed by atoms with Crippen molar-refractivity contribution < 1.29 is 9.90 Å². The van der Waals surface area contributed by atoms with Gasteiger partial charge in [0.25, 0.3) is 0 Å². The summed E-state index contributed by atoms with van der Waals surface area (Å²) in [6, 6.07) is 0. The van der Waals surface area contributed by atoms with Gasteiger partial charge in [-0.3, -0.25) is 4.79 Å². The van der Waals surface area contributed by atoms with Crippen LogP contribution in [-0.4, -0.2) is 17.5 Å². The third kappa shape index (κ3) is 0.892. The quantitative estimate of drug-likeness (QED) is 0.557. The van der Waals surface area contributed by atoms with E-state index < -0.39 is 0 Å². The summed E-state index contributed by atoms with van der Waals surface area (Å²) in [5.74, 6) is 0.719. The van der Waals surface area contributed by atoms with Gasteiger partial charge in [-0.15, -0.1) is 0 Å². The number of carbonyl (C=O) groups excluding carboxylic acids is 1. The molecule has 1 aliphatic rings. The van der Waals surface area contributed by atoms with Crippen molar-refractivity contribution in [1.29, 1.82) is 0 Å². The molecule has 1 rings (SSSR count). The normalized spacial score (nSPS) is 34.8. The van der Waals surface area contributed by atoms with Crippen LogP contribution in [0.25, 0.3) is 0 Å². The number of carbonyl (C=O) groups is 1. The molecule has 0 saturated heterocycles. The van der Waals surface area contributed by atoms with Crippen LogP contribution in [0.1, 0.15) is 13.3 Å². The van der Waals surface area contributed by atoms with Gasteiger partial charge in [-0.2, -0.15) is 0 Å². The summed E-state index contributed by atoms with van der Waals surface area (Å²) >= 11 is 0. The van der Waals surface area contributed by atoms with Crippen LogP contribution in [0, 0.1) is 11.8 Å². The fraction of sp³-hybridized carbons (Fsp3) is 0.833. The van der Waals surface area contributed by atoms with Gasteiger partial charge in [0.15, 0.2) is 0 Å². The second kappa shape index (κ2) is 1.86. The Morgan fingerprint density at radius 3 is 2.62 bits per heavy atom. The van der Waals surface area contributed by atoms with Crippen molar-refractivity contribution in [3.05, 3.63) is 0 Å². The lowest BCUT2D eigenvalue weighted by atomic mass is 10.2. The Balaban J connectivity index is 2.26. The van der Waals surface area contributed by atoms with Crippen LogP contribution in [0.15, 0.2) is 0 Å². The fourth-order valence-corrected chi connectivity index (χ4v) is 0.947. The third-order valence-electron chi connectivity index (χ3n) is 1.68. The number of ketones is 1. The van der Waals surface area contributed by atoms with Crippen LogP contribution in [0.4, 0.5) is 0 Å². The summed E-state index contributed by atoms with van der Waals surface area (Å²) < 4.78 is 0. The highest BCUT2D eigenvalue weighted by atomic mass is 16.3. The van der Waals surface area contributed by atoms with E-state index in [1.165, 1.54) is 0 Å². The molecule has 2 nitrogen and oxygen atoms in total. The zero-order valence-corrected chi connectivity index (χ0v) is 4.92. The summed E-state index contributed by atoms with van der Waals surface area (Å²) in [5.41, 5.74) is 0. The Morgan fingerprint density at radius 2 is 2.50 bits per heavy atom. The maximum atomic E-state index is 10.5. The first kappa shape index (κ1) is 5.76. The van der Waals surface area contributed by atoms with Gasteiger partial charge in [-0.25, -0.2) is 0 Å². The maximum Gasteiger partial charge on any atom is 0.133 e. The third-order valence-corrected chi connectivity index (χ3v) is 1.68. The summed E-state index contributed by atoms with van der Waals surface area (Å²) in [5, 5.41) is 8.47. The number of hydrogen-bond donors (Lipinski definition) is 1. The first-order valence-electron chi connectivity index (χ1n) is 2.87. The molecule has 0 aliphatic heterocycles. The lowest BCUT2D eigenvalue weighted by molar-refractivity contribution is -0.118. The van der Waals surface area contributed by atoms with Gasteiger partial charge in [0.05, 0.1) is 0 Å². The minimum Gasteiger partial charge on any atom is -0.396 e. The molecule has 0 amide bonds. The van der Waals surface area contributed by atoms with Crippen molar-refractivity contribution in [2.24, 2.45) is 11.8 Å². The van der Waals surface area contributed by atoms with Gasteiger partial charge in [0.2, 0.25) is 0 Å². The Bertz CT molecular complexity index is 109. The maximum absolute atomic E-state index is 10.5. The zero-order chi connectivity index (χ0) is 6.15. The van der Waals surface area contributed by atoms with Gasteiger partial charge in [-0.05, 0) is 19.3 Å². The van der Waals surface area contributed by atoms with E-state index in [1.54, 1.807) is 6.92 Å². The molecule has 2 unspecified atom stereocenters. The molecule has 2 heteroatoms. The van der Waals surface area contributed by atoms with E-state index in [1.807, 2.05) is 0 Å². The first-order valence-corrected chi connectivity index (χ1v) is 2.87. The van der Waals surface area contributed by atoms with E-state index in [0.29, 0.717) is 5.92 Å². The Kier molecular flexibility index (Phi) is 1.34. The number of aliphatic hydroxyl groups excluding tert-OH is 1. The lowest BCUT2D eigenvalue weighted by Crippen LogP contribution is -1.97. The fourth-order valence-electron chi connectivity index (χ4n) is 0.947. The minimum atomic E-state index is 0.185. The van der Waals surface area contributed by atoms with Crippen LogP contribution in [0.2, 0.25) is 0 Å². The summed E-state index contributed by atoms with van der Waals surface area (Å²) in [6.07, 6.45) is 0.909. The summed E-state index contributed by atoms with van der Waals surface area (Å²) in [6.45, 7) is 1.77. The molecule has 0 radical (unpaired) electrons. The van der Waals surface area contributed by atoms with Gasteiger partial charge < -0.3 is 5.11 Å². The Labute approximate surface area is 48.5 Å². The molecule has 1 aliphatic carbocycles. The van der Waals surface area contributed by atoms with Crippen molar-refractivity contribution in [1.82, 2.24) is 0 Å². The predicted molar refractivity (Wildman–Crippen MR) is 29.4 cm³/mol. The second-order valence-corrected chi connectivity index (χ2v) is 2.40. The molecule has 1 saturated carbocycles. The largest absolute Gasteiger partial charge is 0.396 e. The molecule has 0 aromatic rings. The molecule has 0 aromatic carbocycles. The predicted octanol–water partition coefficient (Wildman–Crippen LogP) is 0.204. The van der Waals surface area contributed by atoms with E-state index in [9.17, 15) is 4.79 Å². The van der Waals surface area contributed by atoms with Crippen LogP contribution < -0.4 is 0 Å². The number of aliphatic hydroxyl groups is 1. The second-order valence-electron chi connectivity index (χ2n) is 2.40. The molecule has 0 spiro atoms. The van der Waals surface area contributed by atoms with Gasteiger partial charge in [0.1, 0.15) is 5.78 Å². The Hall–Kier alpha value is -0.370. The topological polar surface area (TPSA) is 37.3 Å². The molecule has 1 N–H and O–H groups in total. The molecule has 0 bridgehead atoms. The number of Topliss-reactive ketones (excluding diaryl/α,β-unsaturated/α-hetero) is 1. The summed E-state index contributed by atoms with van der Waals surface area (Å²) in [4.78, 5) is 10.5. The van der Waals surface area contributed by atoms with Gasteiger partial charge in [0, 0.05) is 12.5 Å². The SMILES string of the molecule is CC(=O)C1CC1CO. The van der Waals surface area contributed by atoms with Gasteiger partial charge >= 0.3 is 0 Å². The highest BCUT2D eigenvalue weighted by Gasteiger charge is 2.39. The van der Waals surface area contributed by atoms with Crippen molar-refractivity contribution >= 4 is 5.78 Å². The minimum absolute atomic E-state index is 0.185.